The molecule has 0 aromatic heterocycles. The lowest BCUT2D eigenvalue weighted by Crippen LogP contribution is -2.52. The molecule has 1 fully saturated rings. The molecular formula is C18H27FN2O2. The Hall–Kier alpha value is -1.78. The molecule has 1 aromatic rings. The highest BCUT2D eigenvalue weighted by atomic mass is 19.1. The second-order valence-corrected chi connectivity index (χ2v) is 7.21. The van der Waals surface area contributed by atoms with Gasteiger partial charge >= 0.3 is 6.09 Å². The van der Waals surface area contributed by atoms with Crippen molar-refractivity contribution in [3.8, 4) is 0 Å². The fourth-order valence-corrected chi connectivity index (χ4v) is 2.98. The number of anilines is 1. The Morgan fingerprint density at radius 3 is 2.65 bits per heavy atom. The molecule has 1 aliphatic heterocycles. The lowest BCUT2D eigenvalue weighted by atomic mass is 9.91. The van der Waals surface area contributed by atoms with Crippen molar-refractivity contribution in [2.45, 2.75) is 52.2 Å². The fourth-order valence-electron chi connectivity index (χ4n) is 2.98. The number of nitrogens with zero attached hydrogens (tertiary/aromatic N) is 1. The van der Waals surface area contributed by atoms with Crippen molar-refractivity contribution >= 4 is 11.8 Å². The fraction of sp³-hybridized carbons (Fsp3) is 0.611. The summed E-state index contributed by atoms with van der Waals surface area (Å²) in [7, 11) is 0. The number of benzene rings is 1. The van der Waals surface area contributed by atoms with Crippen molar-refractivity contribution in [2.75, 3.05) is 18.0 Å². The van der Waals surface area contributed by atoms with Crippen LogP contribution in [0.2, 0.25) is 0 Å². The maximum atomic E-state index is 14.1. The first-order chi connectivity index (χ1) is 10.8. The van der Waals surface area contributed by atoms with Gasteiger partial charge < -0.3 is 15.0 Å². The number of carbonyl (C=O) groups excluding carboxylic acids is 1. The average Bonchev–Trinajstić information content (AvgIpc) is 2.45. The van der Waals surface area contributed by atoms with Crippen molar-refractivity contribution in [3.63, 3.8) is 0 Å². The monoisotopic (exact) mass is 322 g/mol. The lowest BCUT2D eigenvalue weighted by Gasteiger charge is -2.39. The molecule has 2 atom stereocenters. The predicted octanol–water partition coefficient (Wildman–Crippen LogP) is 3.96. The topological polar surface area (TPSA) is 41.6 Å². The third-order valence-electron chi connectivity index (χ3n) is 4.03. The van der Waals surface area contributed by atoms with Crippen LogP contribution in [0.15, 0.2) is 24.3 Å². The third kappa shape index (κ3) is 5.12. The van der Waals surface area contributed by atoms with E-state index >= 15 is 0 Å². The van der Waals surface area contributed by atoms with E-state index in [1.54, 1.807) is 12.1 Å². The molecule has 1 aliphatic rings. The third-order valence-corrected chi connectivity index (χ3v) is 4.03. The number of nitrogens with one attached hydrogen (secondary N) is 1. The highest BCUT2D eigenvalue weighted by molar-refractivity contribution is 5.68. The van der Waals surface area contributed by atoms with Gasteiger partial charge in [-0.15, -0.1) is 0 Å². The highest BCUT2D eigenvalue weighted by Gasteiger charge is 2.29. The summed E-state index contributed by atoms with van der Waals surface area (Å²) >= 11 is 0. The van der Waals surface area contributed by atoms with E-state index in [9.17, 15) is 9.18 Å². The van der Waals surface area contributed by atoms with E-state index in [0.717, 1.165) is 19.4 Å². The molecule has 2 unspecified atom stereocenters. The Kier molecular flexibility index (Phi) is 5.50. The van der Waals surface area contributed by atoms with Crippen LogP contribution >= 0.6 is 0 Å². The van der Waals surface area contributed by atoms with Gasteiger partial charge in [0.15, 0.2) is 0 Å². The van der Waals surface area contributed by atoms with Gasteiger partial charge in [0.1, 0.15) is 11.4 Å². The van der Waals surface area contributed by atoms with Gasteiger partial charge in [-0.05, 0) is 45.2 Å². The molecule has 5 heteroatoms. The molecular weight excluding hydrogens is 295 g/mol. The summed E-state index contributed by atoms with van der Waals surface area (Å²) in [6, 6.07) is 6.75. The molecule has 4 nitrogen and oxygen atoms in total. The van der Waals surface area contributed by atoms with Crippen molar-refractivity contribution < 1.29 is 13.9 Å². The summed E-state index contributed by atoms with van der Waals surface area (Å²) in [5.41, 5.74) is 0.0790. The highest BCUT2D eigenvalue weighted by Crippen LogP contribution is 2.27. The van der Waals surface area contributed by atoms with Crippen molar-refractivity contribution in [2.24, 2.45) is 5.92 Å². The molecule has 1 saturated heterocycles. The van der Waals surface area contributed by atoms with Gasteiger partial charge in [0.05, 0.1) is 11.7 Å². The SMILES string of the molecule is CCC1CC(NC(=O)OC(C)(C)C)CN(c2ccccc2F)C1. The van der Waals surface area contributed by atoms with E-state index in [0.29, 0.717) is 18.2 Å². The zero-order valence-corrected chi connectivity index (χ0v) is 14.4. The standard InChI is InChI=1S/C18H27FN2O2/c1-5-13-10-14(20-17(22)23-18(2,3)4)12-21(11-13)16-9-7-6-8-15(16)19/h6-9,13-14H,5,10-12H2,1-4H3,(H,20,22). The summed E-state index contributed by atoms with van der Waals surface area (Å²) in [4.78, 5) is 14.0. The van der Waals surface area contributed by atoms with Crippen LogP contribution in [0.5, 0.6) is 0 Å². The number of para-hydroxylation sites is 1. The molecule has 1 amide bonds. The predicted molar refractivity (Wildman–Crippen MR) is 90.2 cm³/mol. The maximum absolute atomic E-state index is 14.1. The molecule has 128 valence electrons. The smallest absolute Gasteiger partial charge is 0.407 e. The quantitative estimate of drug-likeness (QED) is 0.916. The van der Waals surface area contributed by atoms with E-state index in [1.165, 1.54) is 6.07 Å². The number of rotatable bonds is 3. The van der Waals surface area contributed by atoms with Crippen LogP contribution in [0.4, 0.5) is 14.9 Å². The van der Waals surface area contributed by atoms with E-state index in [-0.39, 0.29) is 11.9 Å². The normalized spacial score (nSPS) is 21.9. The minimum Gasteiger partial charge on any atom is -0.444 e. The van der Waals surface area contributed by atoms with Crippen LogP contribution in [-0.4, -0.2) is 30.8 Å². The first-order valence-electron chi connectivity index (χ1n) is 8.27. The van der Waals surface area contributed by atoms with Crippen LogP contribution in [0.3, 0.4) is 0 Å². The molecule has 0 aliphatic carbocycles. The molecule has 0 saturated carbocycles. The zero-order chi connectivity index (χ0) is 17.0. The minimum atomic E-state index is -0.520. The largest absolute Gasteiger partial charge is 0.444 e. The summed E-state index contributed by atoms with van der Waals surface area (Å²) in [6.45, 7) is 9.05. The average molecular weight is 322 g/mol. The van der Waals surface area contributed by atoms with Gasteiger partial charge in [-0.2, -0.15) is 0 Å². The lowest BCUT2D eigenvalue weighted by molar-refractivity contribution is 0.0493. The molecule has 23 heavy (non-hydrogen) atoms. The van der Waals surface area contributed by atoms with Crippen molar-refractivity contribution in [3.05, 3.63) is 30.1 Å². The number of piperidine rings is 1. The molecule has 0 bridgehead atoms. The molecule has 0 radical (unpaired) electrons. The van der Waals surface area contributed by atoms with Crippen molar-refractivity contribution in [1.29, 1.82) is 0 Å². The van der Waals surface area contributed by atoms with E-state index in [1.807, 2.05) is 31.7 Å². The van der Waals surface area contributed by atoms with E-state index in [2.05, 4.69) is 12.2 Å². The van der Waals surface area contributed by atoms with Crippen LogP contribution in [0.25, 0.3) is 0 Å². The Balaban J connectivity index is 2.06. The van der Waals surface area contributed by atoms with Gasteiger partial charge in [0.2, 0.25) is 0 Å². The molecule has 1 aromatic carbocycles. The van der Waals surface area contributed by atoms with Gasteiger partial charge in [-0.3, -0.25) is 0 Å². The second-order valence-electron chi connectivity index (χ2n) is 7.21. The Morgan fingerprint density at radius 2 is 2.04 bits per heavy atom. The number of halogens is 1. The minimum absolute atomic E-state index is 0.0387. The van der Waals surface area contributed by atoms with Gasteiger partial charge in [0.25, 0.3) is 0 Å². The van der Waals surface area contributed by atoms with Crippen LogP contribution in [0, 0.1) is 11.7 Å². The number of alkyl carbamates (subject to hydrolysis) is 1. The van der Waals surface area contributed by atoms with Crippen LogP contribution in [0.1, 0.15) is 40.5 Å². The zero-order valence-electron chi connectivity index (χ0n) is 14.4. The van der Waals surface area contributed by atoms with Gasteiger partial charge in [0, 0.05) is 13.1 Å². The Labute approximate surface area is 138 Å². The summed E-state index contributed by atoms with van der Waals surface area (Å²) in [5, 5.41) is 2.93. The van der Waals surface area contributed by atoms with Gasteiger partial charge in [-0.25, -0.2) is 9.18 Å². The molecule has 0 spiro atoms. The molecule has 1 N–H and O–H groups in total. The van der Waals surface area contributed by atoms with E-state index in [4.69, 9.17) is 4.74 Å². The van der Waals surface area contributed by atoms with Crippen LogP contribution in [-0.2, 0) is 4.74 Å². The van der Waals surface area contributed by atoms with Crippen LogP contribution < -0.4 is 10.2 Å². The Bertz CT molecular complexity index is 542. The number of carbonyl (C=O) groups is 1. The van der Waals surface area contributed by atoms with Gasteiger partial charge in [-0.1, -0.05) is 25.5 Å². The first-order valence-corrected chi connectivity index (χ1v) is 8.27. The first kappa shape index (κ1) is 17.6. The number of hydrogen-bond donors (Lipinski definition) is 1. The second kappa shape index (κ2) is 7.20. The number of amides is 1. The molecule has 1 heterocycles. The molecule has 2 rings (SSSR count). The number of ether oxygens (including phenoxy) is 1. The summed E-state index contributed by atoms with van der Waals surface area (Å²) in [6.07, 6.45) is 1.48. The van der Waals surface area contributed by atoms with E-state index < -0.39 is 11.7 Å². The maximum Gasteiger partial charge on any atom is 0.407 e. The summed E-state index contributed by atoms with van der Waals surface area (Å²) < 4.78 is 19.4. The Morgan fingerprint density at radius 1 is 1.35 bits per heavy atom. The number of hydrogen-bond acceptors (Lipinski definition) is 3. The van der Waals surface area contributed by atoms with Crippen molar-refractivity contribution in [1.82, 2.24) is 5.32 Å². The summed E-state index contributed by atoms with van der Waals surface area (Å²) in [5.74, 6) is 0.198.